The molecule has 3 rings (SSSR count). The van der Waals surface area contributed by atoms with Crippen molar-refractivity contribution in [3.05, 3.63) is 0 Å². The maximum Gasteiger partial charge on any atom is -0.0355 e. The van der Waals surface area contributed by atoms with Gasteiger partial charge in [0.2, 0.25) is 0 Å². The molecular weight excluding hydrogens is 168 g/mol. The van der Waals surface area contributed by atoms with Gasteiger partial charge in [-0.3, -0.25) is 0 Å². The Balaban J connectivity index is 1.76. The molecule has 4 unspecified atom stereocenters. The Morgan fingerprint density at radius 2 is 1.07 bits per heavy atom. The highest BCUT2D eigenvalue weighted by molar-refractivity contribution is 4.92. The fourth-order valence-corrected chi connectivity index (χ4v) is 4.49. The lowest BCUT2D eigenvalue weighted by Crippen LogP contribution is -2.33. The Morgan fingerprint density at radius 3 is 1.86 bits per heavy atom. The van der Waals surface area contributed by atoms with E-state index in [1.54, 1.807) is 57.8 Å². The number of fused-ring (bicyclic) bond motifs is 3. The fourth-order valence-electron chi connectivity index (χ4n) is 4.49. The summed E-state index contributed by atoms with van der Waals surface area (Å²) in [5, 5.41) is 0. The van der Waals surface area contributed by atoms with Gasteiger partial charge in [-0.1, -0.05) is 44.9 Å². The van der Waals surface area contributed by atoms with Crippen LogP contribution in [0.4, 0.5) is 0 Å². The summed E-state index contributed by atoms with van der Waals surface area (Å²) in [5.74, 6) is 4.66. The van der Waals surface area contributed by atoms with Crippen molar-refractivity contribution in [3.8, 4) is 0 Å². The van der Waals surface area contributed by atoms with Crippen molar-refractivity contribution in [2.75, 3.05) is 0 Å². The predicted molar refractivity (Wildman–Crippen MR) is 60.1 cm³/mol. The van der Waals surface area contributed by atoms with Crippen LogP contribution in [0.25, 0.3) is 0 Å². The molecule has 0 saturated heterocycles. The maximum atomic E-state index is 1.59. The van der Waals surface area contributed by atoms with Crippen LogP contribution in [0, 0.1) is 23.7 Å². The molecule has 0 nitrogen and oxygen atoms in total. The zero-order valence-corrected chi connectivity index (χ0v) is 9.38. The third kappa shape index (κ3) is 1.51. The summed E-state index contributed by atoms with van der Waals surface area (Å²) in [5.41, 5.74) is 0. The average molecular weight is 192 g/mol. The SMILES string of the molecule is C1CCC2CCCC3CCC3C2CC1. The van der Waals surface area contributed by atoms with Crippen molar-refractivity contribution in [2.24, 2.45) is 23.7 Å². The average Bonchev–Trinajstić information content (AvgIpc) is 2.41. The molecule has 0 aromatic carbocycles. The van der Waals surface area contributed by atoms with E-state index in [0.29, 0.717) is 0 Å². The van der Waals surface area contributed by atoms with Crippen molar-refractivity contribution >= 4 is 0 Å². The van der Waals surface area contributed by atoms with E-state index >= 15 is 0 Å². The summed E-state index contributed by atoms with van der Waals surface area (Å²) in [6.07, 6.45) is 15.7. The molecule has 0 amide bonds. The molecule has 0 N–H and O–H groups in total. The van der Waals surface area contributed by atoms with Crippen LogP contribution in [0.1, 0.15) is 64.2 Å². The summed E-state index contributed by atoms with van der Waals surface area (Å²) in [4.78, 5) is 0. The molecule has 3 saturated carbocycles. The van der Waals surface area contributed by atoms with Crippen LogP contribution in [0.15, 0.2) is 0 Å². The van der Waals surface area contributed by atoms with Gasteiger partial charge in [0, 0.05) is 0 Å². The second-order valence-corrected chi connectivity index (χ2v) is 5.99. The summed E-state index contributed by atoms with van der Waals surface area (Å²) in [6, 6.07) is 0. The minimum Gasteiger partial charge on any atom is -0.0533 e. The fraction of sp³-hybridized carbons (Fsp3) is 1.00. The second kappa shape index (κ2) is 3.87. The standard InChI is InChI=1S/C14H24/c1-2-5-11-6-4-7-12-9-10-14(12)13(11)8-3-1/h11-14H,1-10H2. The zero-order valence-electron chi connectivity index (χ0n) is 9.38. The Labute approximate surface area is 88.5 Å². The molecule has 0 radical (unpaired) electrons. The van der Waals surface area contributed by atoms with Crippen molar-refractivity contribution in [2.45, 2.75) is 64.2 Å². The van der Waals surface area contributed by atoms with Crippen LogP contribution in [-0.4, -0.2) is 0 Å². The molecule has 0 aromatic heterocycles. The van der Waals surface area contributed by atoms with E-state index in [1.807, 2.05) is 0 Å². The number of rotatable bonds is 0. The van der Waals surface area contributed by atoms with E-state index in [2.05, 4.69) is 0 Å². The molecule has 14 heavy (non-hydrogen) atoms. The highest BCUT2D eigenvalue weighted by Gasteiger charge is 2.41. The monoisotopic (exact) mass is 192 g/mol. The molecule has 3 aliphatic rings. The first kappa shape index (κ1) is 9.24. The van der Waals surface area contributed by atoms with Gasteiger partial charge in [-0.2, -0.15) is 0 Å². The van der Waals surface area contributed by atoms with Gasteiger partial charge >= 0.3 is 0 Å². The molecule has 0 heteroatoms. The largest absolute Gasteiger partial charge is 0.0533 e. The normalized spacial score (nSPS) is 48.0. The van der Waals surface area contributed by atoms with Gasteiger partial charge in [-0.25, -0.2) is 0 Å². The Bertz CT molecular complexity index is 196. The molecule has 80 valence electrons. The van der Waals surface area contributed by atoms with Crippen LogP contribution >= 0.6 is 0 Å². The molecule has 4 atom stereocenters. The van der Waals surface area contributed by atoms with Crippen molar-refractivity contribution in [3.63, 3.8) is 0 Å². The highest BCUT2D eigenvalue weighted by atomic mass is 14.5. The van der Waals surface area contributed by atoms with E-state index < -0.39 is 0 Å². The summed E-state index contributed by atoms with van der Waals surface area (Å²) < 4.78 is 0. The van der Waals surface area contributed by atoms with E-state index in [9.17, 15) is 0 Å². The minimum atomic E-state index is 1.15. The smallest absolute Gasteiger partial charge is 0.0355 e. The Morgan fingerprint density at radius 1 is 0.429 bits per heavy atom. The molecule has 0 aliphatic heterocycles. The van der Waals surface area contributed by atoms with Gasteiger partial charge in [0.15, 0.2) is 0 Å². The van der Waals surface area contributed by atoms with Crippen LogP contribution in [0.3, 0.4) is 0 Å². The summed E-state index contributed by atoms with van der Waals surface area (Å²) in [7, 11) is 0. The third-order valence-electron chi connectivity index (χ3n) is 5.39. The van der Waals surface area contributed by atoms with Crippen molar-refractivity contribution in [1.29, 1.82) is 0 Å². The molecule has 0 aromatic rings. The van der Waals surface area contributed by atoms with Gasteiger partial charge in [0.1, 0.15) is 0 Å². The Kier molecular flexibility index (Phi) is 2.55. The molecule has 0 heterocycles. The quantitative estimate of drug-likeness (QED) is 0.534. The lowest BCUT2D eigenvalue weighted by atomic mass is 9.63. The van der Waals surface area contributed by atoms with Crippen molar-refractivity contribution < 1.29 is 0 Å². The van der Waals surface area contributed by atoms with E-state index in [4.69, 9.17) is 0 Å². The van der Waals surface area contributed by atoms with Gasteiger partial charge in [0.05, 0.1) is 0 Å². The van der Waals surface area contributed by atoms with Gasteiger partial charge in [-0.05, 0) is 42.9 Å². The maximum absolute atomic E-state index is 1.59. The minimum absolute atomic E-state index is 1.15. The molecule has 0 bridgehead atoms. The molecular formula is C14H24. The third-order valence-corrected chi connectivity index (χ3v) is 5.39. The summed E-state index contributed by atoms with van der Waals surface area (Å²) >= 11 is 0. The number of hydrogen-bond acceptors (Lipinski definition) is 0. The Hall–Kier alpha value is 0. The first-order valence-corrected chi connectivity index (χ1v) is 6.95. The first-order chi connectivity index (χ1) is 6.95. The van der Waals surface area contributed by atoms with Gasteiger partial charge in [-0.15, -0.1) is 0 Å². The lowest BCUT2D eigenvalue weighted by Gasteiger charge is -2.42. The molecule has 3 aliphatic carbocycles. The lowest BCUT2D eigenvalue weighted by molar-refractivity contribution is 0.0761. The van der Waals surface area contributed by atoms with Crippen molar-refractivity contribution in [1.82, 2.24) is 0 Å². The first-order valence-electron chi connectivity index (χ1n) is 6.95. The van der Waals surface area contributed by atoms with Crippen LogP contribution < -0.4 is 0 Å². The zero-order chi connectivity index (χ0) is 9.38. The number of hydrogen-bond donors (Lipinski definition) is 0. The predicted octanol–water partition coefficient (Wildman–Crippen LogP) is 4.39. The topological polar surface area (TPSA) is 0 Å². The van der Waals surface area contributed by atoms with Crippen LogP contribution in [-0.2, 0) is 0 Å². The molecule has 0 spiro atoms. The van der Waals surface area contributed by atoms with Crippen LogP contribution in [0.5, 0.6) is 0 Å². The van der Waals surface area contributed by atoms with E-state index in [-0.39, 0.29) is 0 Å². The van der Waals surface area contributed by atoms with Crippen LogP contribution in [0.2, 0.25) is 0 Å². The second-order valence-electron chi connectivity index (χ2n) is 5.99. The van der Waals surface area contributed by atoms with E-state index in [0.717, 1.165) is 5.92 Å². The van der Waals surface area contributed by atoms with Gasteiger partial charge < -0.3 is 0 Å². The van der Waals surface area contributed by atoms with E-state index in [1.165, 1.54) is 24.2 Å². The van der Waals surface area contributed by atoms with Gasteiger partial charge in [0.25, 0.3) is 0 Å². The molecule has 3 fully saturated rings. The highest BCUT2D eigenvalue weighted by Crippen LogP contribution is 2.52. The summed E-state index contributed by atoms with van der Waals surface area (Å²) in [6.45, 7) is 0.